The Kier molecular flexibility index (Phi) is 3.27. The summed E-state index contributed by atoms with van der Waals surface area (Å²) in [4.78, 5) is 9.79. The third-order valence-electron chi connectivity index (χ3n) is 4.93. The maximum absolute atomic E-state index is 9.78. The molecular formula is C19H18N4. The number of nitriles is 1. The van der Waals surface area contributed by atoms with Crippen molar-refractivity contribution in [3.05, 3.63) is 60.4 Å². The number of nitrogens with one attached hydrogen (secondary N) is 1. The van der Waals surface area contributed by atoms with Crippen molar-refractivity contribution in [2.75, 3.05) is 18.0 Å². The molecule has 4 rings (SSSR count). The summed E-state index contributed by atoms with van der Waals surface area (Å²) in [5, 5.41) is 9.78. The smallest absolute Gasteiger partial charge is 0.0931 e. The molecule has 1 aliphatic heterocycles. The number of piperidine rings is 1. The number of benzene rings is 2. The monoisotopic (exact) mass is 302 g/mol. The third-order valence-corrected chi connectivity index (χ3v) is 4.93. The molecule has 114 valence electrons. The van der Waals surface area contributed by atoms with Crippen molar-refractivity contribution in [2.24, 2.45) is 0 Å². The predicted molar refractivity (Wildman–Crippen MR) is 91.3 cm³/mol. The van der Waals surface area contributed by atoms with Crippen LogP contribution in [0, 0.1) is 11.3 Å². The second kappa shape index (κ2) is 5.44. The van der Waals surface area contributed by atoms with E-state index in [-0.39, 0.29) is 5.41 Å². The number of rotatable bonds is 2. The Morgan fingerprint density at radius 1 is 1.09 bits per heavy atom. The van der Waals surface area contributed by atoms with Crippen LogP contribution in [0.25, 0.3) is 11.0 Å². The molecule has 0 saturated carbocycles. The van der Waals surface area contributed by atoms with E-state index < -0.39 is 0 Å². The van der Waals surface area contributed by atoms with Crippen LogP contribution in [0.3, 0.4) is 0 Å². The Morgan fingerprint density at radius 2 is 1.87 bits per heavy atom. The van der Waals surface area contributed by atoms with Crippen molar-refractivity contribution in [1.29, 1.82) is 5.26 Å². The first-order valence-corrected chi connectivity index (χ1v) is 7.96. The van der Waals surface area contributed by atoms with Gasteiger partial charge in [-0.05, 0) is 36.6 Å². The van der Waals surface area contributed by atoms with E-state index in [0.717, 1.165) is 42.5 Å². The minimum Gasteiger partial charge on any atom is -0.371 e. The van der Waals surface area contributed by atoms with Gasteiger partial charge in [0.15, 0.2) is 0 Å². The topological polar surface area (TPSA) is 55.7 Å². The summed E-state index contributed by atoms with van der Waals surface area (Å²) in [6, 6.07) is 19.1. The molecule has 1 aliphatic rings. The SMILES string of the molecule is N#CC1(c2ccccc2)CCN(c2ccc3nc[nH]c3c2)CC1. The largest absolute Gasteiger partial charge is 0.371 e. The highest BCUT2D eigenvalue weighted by Crippen LogP contribution is 2.36. The molecule has 3 aromatic rings. The van der Waals surface area contributed by atoms with Crippen LogP contribution in [0.15, 0.2) is 54.9 Å². The van der Waals surface area contributed by atoms with Crippen LogP contribution in [0.5, 0.6) is 0 Å². The van der Waals surface area contributed by atoms with Gasteiger partial charge in [0.2, 0.25) is 0 Å². The molecule has 0 amide bonds. The van der Waals surface area contributed by atoms with Gasteiger partial charge in [-0.25, -0.2) is 4.98 Å². The highest BCUT2D eigenvalue weighted by molar-refractivity contribution is 5.79. The van der Waals surface area contributed by atoms with Gasteiger partial charge in [0.1, 0.15) is 0 Å². The first kappa shape index (κ1) is 13.8. The summed E-state index contributed by atoms with van der Waals surface area (Å²) in [6.07, 6.45) is 3.43. The van der Waals surface area contributed by atoms with Crippen LogP contribution in [0.2, 0.25) is 0 Å². The van der Waals surface area contributed by atoms with E-state index in [1.165, 1.54) is 5.69 Å². The molecule has 0 atom stereocenters. The zero-order valence-electron chi connectivity index (χ0n) is 12.9. The first-order valence-electron chi connectivity index (χ1n) is 7.96. The molecule has 0 aliphatic carbocycles. The normalized spacial score (nSPS) is 17.1. The number of fused-ring (bicyclic) bond motifs is 1. The molecule has 0 radical (unpaired) electrons. The van der Waals surface area contributed by atoms with Gasteiger partial charge in [-0.1, -0.05) is 30.3 Å². The Balaban J connectivity index is 1.57. The summed E-state index contributed by atoms with van der Waals surface area (Å²) >= 11 is 0. The molecule has 0 spiro atoms. The lowest BCUT2D eigenvalue weighted by atomic mass is 9.74. The van der Waals surface area contributed by atoms with Crippen molar-refractivity contribution in [3.8, 4) is 6.07 Å². The number of H-pyrrole nitrogens is 1. The van der Waals surface area contributed by atoms with E-state index in [0.29, 0.717) is 0 Å². The van der Waals surface area contributed by atoms with Crippen LogP contribution in [0.1, 0.15) is 18.4 Å². The molecule has 2 heterocycles. The molecule has 1 fully saturated rings. The molecule has 0 bridgehead atoms. The second-order valence-corrected chi connectivity index (χ2v) is 6.15. The minimum atomic E-state index is -0.351. The third kappa shape index (κ3) is 2.35. The summed E-state index contributed by atoms with van der Waals surface area (Å²) in [5.41, 5.74) is 4.03. The number of aromatic nitrogens is 2. The lowest BCUT2D eigenvalue weighted by Crippen LogP contribution is -2.42. The van der Waals surface area contributed by atoms with E-state index in [9.17, 15) is 5.26 Å². The molecule has 4 nitrogen and oxygen atoms in total. The quantitative estimate of drug-likeness (QED) is 0.786. The Hall–Kier alpha value is -2.80. The molecule has 4 heteroatoms. The highest BCUT2D eigenvalue weighted by atomic mass is 15.1. The first-order chi connectivity index (χ1) is 11.3. The number of aromatic amines is 1. The van der Waals surface area contributed by atoms with E-state index >= 15 is 0 Å². The van der Waals surface area contributed by atoms with Gasteiger partial charge in [-0.3, -0.25) is 0 Å². The predicted octanol–water partition coefficient (Wildman–Crippen LogP) is 3.62. The fourth-order valence-corrected chi connectivity index (χ4v) is 3.49. The molecule has 2 aromatic carbocycles. The van der Waals surface area contributed by atoms with Gasteiger partial charge in [0, 0.05) is 18.8 Å². The van der Waals surface area contributed by atoms with Gasteiger partial charge in [0.25, 0.3) is 0 Å². The van der Waals surface area contributed by atoms with Crippen LogP contribution in [0.4, 0.5) is 5.69 Å². The summed E-state index contributed by atoms with van der Waals surface area (Å²) < 4.78 is 0. The van der Waals surface area contributed by atoms with Gasteiger partial charge in [-0.15, -0.1) is 0 Å². The van der Waals surface area contributed by atoms with Crippen LogP contribution >= 0.6 is 0 Å². The average Bonchev–Trinajstić information content (AvgIpc) is 3.10. The zero-order valence-corrected chi connectivity index (χ0v) is 12.9. The fraction of sp³-hybridized carbons (Fsp3) is 0.263. The summed E-state index contributed by atoms with van der Waals surface area (Å²) in [6.45, 7) is 1.78. The Labute approximate surface area is 135 Å². The number of anilines is 1. The Bertz CT molecular complexity index is 852. The van der Waals surface area contributed by atoms with Crippen molar-refractivity contribution in [1.82, 2.24) is 9.97 Å². The Morgan fingerprint density at radius 3 is 2.61 bits per heavy atom. The van der Waals surface area contributed by atoms with E-state index in [1.54, 1.807) is 6.33 Å². The molecule has 1 saturated heterocycles. The summed E-state index contributed by atoms with van der Waals surface area (Å²) in [7, 11) is 0. The van der Waals surface area contributed by atoms with Gasteiger partial charge in [-0.2, -0.15) is 5.26 Å². The maximum atomic E-state index is 9.78. The van der Waals surface area contributed by atoms with E-state index in [2.05, 4.69) is 45.2 Å². The zero-order chi connectivity index (χ0) is 15.7. The molecular weight excluding hydrogens is 284 g/mol. The van der Waals surface area contributed by atoms with Crippen molar-refractivity contribution in [2.45, 2.75) is 18.3 Å². The average molecular weight is 302 g/mol. The van der Waals surface area contributed by atoms with Crippen LogP contribution < -0.4 is 4.90 Å². The van der Waals surface area contributed by atoms with Gasteiger partial charge < -0.3 is 9.88 Å². The van der Waals surface area contributed by atoms with Gasteiger partial charge in [0.05, 0.1) is 28.8 Å². The molecule has 1 aromatic heterocycles. The molecule has 0 unspecified atom stereocenters. The van der Waals surface area contributed by atoms with Crippen LogP contribution in [-0.2, 0) is 5.41 Å². The lowest BCUT2D eigenvalue weighted by Gasteiger charge is -2.38. The number of imidazole rings is 1. The van der Waals surface area contributed by atoms with Crippen LogP contribution in [-0.4, -0.2) is 23.1 Å². The van der Waals surface area contributed by atoms with E-state index in [4.69, 9.17) is 0 Å². The number of hydrogen-bond donors (Lipinski definition) is 1. The van der Waals surface area contributed by atoms with Crippen molar-refractivity contribution in [3.63, 3.8) is 0 Å². The minimum absolute atomic E-state index is 0.351. The van der Waals surface area contributed by atoms with Crippen molar-refractivity contribution < 1.29 is 0 Å². The number of nitrogens with zero attached hydrogens (tertiary/aromatic N) is 3. The summed E-state index contributed by atoms with van der Waals surface area (Å²) in [5.74, 6) is 0. The fourth-order valence-electron chi connectivity index (χ4n) is 3.49. The highest BCUT2D eigenvalue weighted by Gasteiger charge is 2.36. The second-order valence-electron chi connectivity index (χ2n) is 6.15. The number of hydrogen-bond acceptors (Lipinski definition) is 3. The maximum Gasteiger partial charge on any atom is 0.0931 e. The van der Waals surface area contributed by atoms with Gasteiger partial charge >= 0.3 is 0 Å². The molecule has 23 heavy (non-hydrogen) atoms. The van der Waals surface area contributed by atoms with E-state index in [1.807, 2.05) is 24.3 Å². The lowest BCUT2D eigenvalue weighted by molar-refractivity contribution is 0.416. The standard InChI is InChI=1S/C19H18N4/c20-13-19(15-4-2-1-3-5-15)8-10-23(11-9-19)16-6-7-17-18(12-16)22-14-21-17/h1-7,12,14H,8-11H2,(H,21,22). The molecule has 1 N–H and O–H groups in total. The van der Waals surface area contributed by atoms with Crippen molar-refractivity contribution >= 4 is 16.7 Å².